The normalized spacial score (nSPS) is 18.2. The van der Waals surface area contributed by atoms with Gasteiger partial charge in [-0.25, -0.2) is 23.0 Å². The molecule has 8 heteroatoms. The first-order valence-corrected chi connectivity index (χ1v) is 14.0. The summed E-state index contributed by atoms with van der Waals surface area (Å²) in [4.78, 5) is 11.2. The van der Waals surface area contributed by atoms with Gasteiger partial charge < -0.3 is 10.5 Å². The molecule has 3 aromatic rings. The zero-order valence-electron chi connectivity index (χ0n) is 20.2. The maximum absolute atomic E-state index is 14.6. The van der Waals surface area contributed by atoms with Gasteiger partial charge in [-0.05, 0) is 76.4 Å². The summed E-state index contributed by atoms with van der Waals surface area (Å²) in [6.45, 7) is 0. The van der Waals surface area contributed by atoms with Crippen LogP contribution in [0, 0.1) is 5.92 Å². The molecule has 0 aromatic heterocycles. The second kappa shape index (κ2) is 9.95. The van der Waals surface area contributed by atoms with Gasteiger partial charge in [-0.2, -0.15) is 0 Å². The lowest BCUT2D eigenvalue weighted by atomic mass is 9.73. The monoisotopic (exact) mass is 518 g/mol. The molecule has 0 bridgehead atoms. The van der Waals surface area contributed by atoms with Crippen LogP contribution in [0.15, 0.2) is 77.7 Å². The van der Waals surface area contributed by atoms with Gasteiger partial charge in [0.2, 0.25) is 0 Å². The first kappa shape index (κ1) is 24.9. The third-order valence-electron chi connectivity index (χ3n) is 6.92. The Hall–Kier alpha value is -3.75. The van der Waals surface area contributed by atoms with Gasteiger partial charge >= 0.3 is 5.97 Å². The van der Waals surface area contributed by atoms with E-state index in [1.807, 2.05) is 54.6 Å². The summed E-state index contributed by atoms with van der Waals surface area (Å²) in [5, 5.41) is 8.97. The molecule has 190 valence electrons. The van der Waals surface area contributed by atoms with Crippen molar-refractivity contribution in [2.75, 3.05) is 11.7 Å². The van der Waals surface area contributed by atoms with Crippen LogP contribution in [0.2, 0.25) is 0 Å². The second-order valence-electron chi connectivity index (χ2n) is 9.41. The molecule has 1 fully saturated rings. The highest BCUT2D eigenvalue weighted by Gasteiger charge is 2.31. The molecular weight excluding hydrogens is 491 g/mol. The number of carbonyl (C=O) groups is 1. The van der Waals surface area contributed by atoms with Crippen LogP contribution in [-0.2, 0) is 14.6 Å². The number of carboxylic acids is 1. The fourth-order valence-corrected chi connectivity index (χ4v) is 5.84. The lowest BCUT2D eigenvalue weighted by Crippen LogP contribution is -2.17. The number of hydrazine groups is 1. The molecule has 1 atom stereocenters. The third kappa shape index (κ3) is 5.08. The molecule has 0 saturated heterocycles. The smallest absolute Gasteiger partial charge is 0.328 e. The number of fused-ring (bicyclic) bond motifs is 1. The first-order valence-electron chi connectivity index (χ1n) is 12.1. The molecule has 0 spiro atoms. The molecule has 1 aliphatic carbocycles. The van der Waals surface area contributed by atoms with Crippen molar-refractivity contribution in [3.8, 4) is 0 Å². The average Bonchev–Trinajstić information content (AvgIpc) is 3.21. The number of halogens is 1. The number of aliphatic carboxylic acids is 1. The minimum Gasteiger partial charge on any atom is -0.478 e. The van der Waals surface area contributed by atoms with Crippen molar-refractivity contribution in [1.82, 2.24) is 5.43 Å². The Labute approximate surface area is 215 Å². The quantitative estimate of drug-likeness (QED) is 0.206. The van der Waals surface area contributed by atoms with Gasteiger partial charge in [0, 0.05) is 17.9 Å². The van der Waals surface area contributed by atoms with Crippen LogP contribution < -0.4 is 10.9 Å². The Bertz CT molecular complexity index is 1520. The van der Waals surface area contributed by atoms with Crippen LogP contribution in [0.3, 0.4) is 0 Å². The van der Waals surface area contributed by atoms with Gasteiger partial charge in [-0.1, -0.05) is 55.0 Å². The van der Waals surface area contributed by atoms with Gasteiger partial charge in [-0.15, -0.1) is 0 Å². The number of benzene rings is 3. The fraction of sp³-hybridized carbons (Fsp3) is 0.207. The maximum Gasteiger partial charge on any atom is 0.328 e. The van der Waals surface area contributed by atoms with E-state index in [0.717, 1.165) is 53.2 Å². The lowest BCUT2D eigenvalue weighted by Gasteiger charge is -2.32. The molecule has 1 unspecified atom stereocenters. The minimum absolute atomic E-state index is 0.148. The molecule has 3 aromatic carbocycles. The minimum atomic E-state index is -3.51. The largest absolute Gasteiger partial charge is 0.478 e. The van der Waals surface area contributed by atoms with Crippen LogP contribution in [0.1, 0.15) is 53.4 Å². The predicted molar refractivity (Wildman–Crippen MR) is 143 cm³/mol. The highest BCUT2D eigenvalue weighted by Crippen LogP contribution is 2.47. The number of hydrogen-bond acceptors (Lipinski definition) is 5. The molecule has 1 aliphatic heterocycles. The molecule has 1 heterocycles. The Morgan fingerprint density at radius 1 is 1.03 bits per heavy atom. The number of sulfone groups is 1. The number of hydrogen-bond donors (Lipinski definition) is 3. The van der Waals surface area contributed by atoms with Crippen molar-refractivity contribution in [2.24, 2.45) is 5.92 Å². The molecule has 5 rings (SSSR count). The standard InChI is InChI=1S/C29H27FN2O4S/c1-37(35,36)25-8-3-2-7-22(25)28(19-5-4-6-19)27(20-12-9-18(10-13-20)11-16-26(33)34)21-14-15-24-23(17-21)29(30)32-31-24/h2-3,7-17,19,29,31-32H,4-6H2,1H3,(H,33,34)/b16-11+,28-27+. The molecule has 6 nitrogen and oxygen atoms in total. The third-order valence-corrected chi connectivity index (χ3v) is 8.08. The van der Waals surface area contributed by atoms with Gasteiger partial charge in [0.1, 0.15) is 0 Å². The number of alkyl halides is 1. The molecule has 3 N–H and O–H groups in total. The Morgan fingerprint density at radius 3 is 2.38 bits per heavy atom. The van der Waals surface area contributed by atoms with Crippen LogP contribution >= 0.6 is 0 Å². The van der Waals surface area contributed by atoms with Crippen molar-refractivity contribution in [2.45, 2.75) is 30.5 Å². The highest BCUT2D eigenvalue weighted by atomic mass is 32.2. The first-order chi connectivity index (χ1) is 17.7. The summed E-state index contributed by atoms with van der Waals surface area (Å²) in [6.07, 6.45) is 5.35. The van der Waals surface area contributed by atoms with Gasteiger partial charge in [0.05, 0.1) is 10.6 Å². The number of allylic oxidation sites excluding steroid dienone is 1. The average molecular weight is 519 g/mol. The summed E-state index contributed by atoms with van der Waals surface area (Å²) in [5.41, 5.74) is 11.4. The van der Waals surface area contributed by atoms with E-state index in [9.17, 15) is 17.6 Å². The van der Waals surface area contributed by atoms with Crippen molar-refractivity contribution < 1.29 is 22.7 Å². The van der Waals surface area contributed by atoms with E-state index in [4.69, 9.17) is 5.11 Å². The molecule has 0 radical (unpaired) electrons. The van der Waals surface area contributed by atoms with E-state index < -0.39 is 22.1 Å². The van der Waals surface area contributed by atoms with E-state index in [1.165, 1.54) is 12.3 Å². The predicted octanol–water partition coefficient (Wildman–Crippen LogP) is 5.85. The molecular formula is C29H27FN2O4S. The van der Waals surface area contributed by atoms with Crippen molar-refractivity contribution >= 4 is 38.7 Å². The number of nitrogens with one attached hydrogen (secondary N) is 2. The summed E-state index contributed by atoms with van der Waals surface area (Å²) in [7, 11) is -3.51. The Morgan fingerprint density at radius 2 is 1.73 bits per heavy atom. The number of anilines is 1. The van der Waals surface area contributed by atoms with Crippen LogP contribution in [0.4, 0.5) is 10.1 Å². The number of rotatable bonds is 7. The molecule has 37 heavy (non-hydrogen) atoms. The summed E-state index contributed by atoms with van der Waals surface area (Å²) >= 11 is 0. The van der Waals surface area contributed by atoms with Crippen molar-refractivity contribution in [3.05, 3.63) is 101 Å². The van der Waals surface area contributed by atoms with E-state index in [0.29, 0.717) is 16.8 Å². The van der Waals surface area contributed by atoms with Crippen molar-refractivity contribution in [3.63, 3.8) is 0 Å². The van der Waals surface area contributed by atoms with E-state index >= 15 is 0 Å². The zero-order chi connectivity index (χ0) is 26.2. The van der Waals surface area contributed by atoms with Gasteiger partial charge in [-0.3, -0.25) is 0 Å². The molecule has 2 aliphatic rings. The van der Waals surface area contributed by atoms with Crippen molar-refractivity contribution in [1.29, 1.82) is 0 Å². The number of carboxylic acid groups (broad SMARTS) is 1. The van der Waals surface area contributed by atoms with Crippen LogP contribution in [0.5, 0.6) is 0 Å². The fourth-order valence-electron chi connectivity index (χ4n) is 4.93. The van der Waals surface area contributed by atoms with Gasteiger partial charge in [0.25, 0.3) is 0 Å². The van der Waals surface area contributed by atoms with Gasteiger partial charge in [0.15, 0.2) is 16.1 Å². The highest BCUT2D eigenvalue weighted by molar-refractivity contribution is 7.90. The lowest BCUT2D eigenvalue weighted by molar-refractivity contribution is -0.131. The topological polar surface area (TPSA) is 95.5 Å². The SMILES string of the molecule is CS(=O)(=O)c1ccccc1/C(=C(\c1ccc(/C=C/C(=O)O)cc1)c1ccc2c(c1)C(F)NN2)C1CCC1. The Balaban J connectivity index is 1.78. The summed E-state index contributed by atoms with van der Waals surface area (Å²) in [5.74, 6) is -0.884. The molecule has 0 amide bonds. The summed E-state index contributed by atoms with van der Waals surface area (Å²) < 4.78 is 40.2. The van der Waals surface area contributed by atoms with E-state index in [-0.39, 0.29) is 10.8 Å². The Kier molecular flexibility index (Phi) is 6.70. The van der Waals surface area contributed by atoms with Crippen LogP contribution in [0.25, 0.3) is 17.2 Å². The molecule has 1 saturated carbocycles. The van der Waals surface area contributed by atoms with E-state index in [2.05, 4.69) is 10.9 Å². The maximum atomic E-state index is 14.6. The summed E-state index contributed by atoms with van der Waals surface area (Å²) in [6, 6.07) is 20.0. The van der Waals surface area contributed by atoms with E-state index in [1.54, 1.807) is 12.1 Å². The zero-order valence-corrected chi connectivity index (χ0v) is 21.1. The van der Waals surface area contributed by atoms with Crippen LogP contribution in [-0.4, -0.2) is 25.7 Å². The second-order valence-corrected chi connectivity index (χ2v) is 11.4.